The third-order valence-electron chi connectivity index (χ3n) is 5.56. The van der Waals surface area contributed by atoms with Crippen molar-refractivity contribution in [2.75, 3.05) is 37.0 Å². The number of piperazine rings is 1. The smallest absolute Gasteiger partial charge is 0.337 e. The molecule has 9 nitrogen and oxygen atoms in total. The van der Waals surface area contributed by atoms with Crippen LogP contribution in [0.2, 0.25) is 0 Å². The molecule has 1 fully saturated rings. The van der Waals surface area contributed by atoms with Gasteiger partial charge in [-0.25, -0.2) is 4.79 Å². The second-order valence-corrected chi connectivity index (χ2v) is 7.54. The summed E-state index contributed by atoms with van der Waals surface area (Å²) in [5, 5.41) is 13.6. The number of benzene rings is 2. The van der Waals surface area contributed by atoms with Crippen molar-refractivity contribution in [1.29, 1.82) is 0 Å². The number of nitrogens with one attached hydrogen (secondary N) is 1. The number of hydrogen-bond donors (Lipinski definition) is 1. The average molecular weight is 426 g/mol. The van der Waals surface area contributed by atoms with Crippen LogP contribution in [0.1, 0.15) is 24.2 Å². The maximum absolute atomic E-state index is 12.7. The summed E-state index contributed by atoms with van der Waals surface area (Å²) < 4.78 is 4.73. The zero-order chi connectivity index (χ0) is 22.5. The van der Waals surface area contributed by atoms with E-state index in [1.807, 2.05) is 19.1 Å². The van der Waals surface area contributed by atoms with E-state index in [0.29, 0.717) is 17.8 Å². The second-order valence-electron chi connectivity index (χ2n) is 7.54. The normalized spacial score (nSPS) is 17.6. The fourth-order valence-corrected chi connectivity index (χ4v) is 3.77. The Bertz CT molecular complexity index is 945. The molecule has 1 N–H and O–H groups in total. The number of hydrogen-bond acceptors (Lipinski definition) is 7. The number of nitrogens with zero attached hydrogens (tertiary/aromatic N) is 3. The Kier molecular flexibility index (Phi) is 6.86. The average Bonchev–Trinajstić information content (AvgIpc) is 2.78. The molecule has 164 valence electrons. The fraction of sp³-hybridized carbons (Fsp3) is 0.364. The predicted molar refractivity (Wildman–Crippen MR) is 117 cm³/mol. The number of anilines is 2. The minimum absolute atomic E-state index is 0.0181. The topological polar surface area (TPSA) is 105 Å². The summed E-state index contributed by atoms with van der Waals surface area (Å²) in [5.41, 5.74) is 2.03. The fourth-order valence-electron chi connectivity index (χ4n) is 3.77. The number of ether oxygens (including phenoxy) is 1. The summed E-state index contributed by atoms with van der Waals surface area (Å²) in [6.07, 6.45) is 0. The molecule has 2 aromatic carbocycles. The van der Waals surface area contributed by atoms with Gasteiger partial charge in [0, 0.05) is 49.2 Å². The molecule has 1 amide bonds. The molecule has 1 saturated heterocycles. The Morgan fingerprint density at radius 1 is 1.13 bits per heavy atom. The van der Waals surface area contributed by atoms with Crippen LogP contribution in [0.5, 0.6) is 0 Å². The van der Waals surface area contributed by atoms with Crippen LogP contribution in [0.4, 0.5) is 17.1 Å². The van der Waals surface area contributed by atoms with Gasteiger partial charge in [-0.2, -0.15) is 0 Å². The monoisotopic (exact) mass is 426 g/mol. The highest BCUT2D eigenvalue weighted by Crippen LogP contribution is 2.22. The van der Waals surface area contributed by atoms with E-state index in [0.717, 1.165) is 18.8 Å². The van der Waals surface area contributed by atoms with Gasteiger partial charge in [0.2, 0.25) is 5.91 Å². The lowest BCUT2D eigenvalue weighted by Crippen LogP contribution is -2.57. The maximum Gasteiger partial charge on any atom is 0.337 e. The van der Waals surface area contributed by atoms with Crippen LogP contribution in [0.25, 0.3) is 0 Å². The van der Waals surface area contributed by atoms with Gasteiger partial charge in [-0.1, -0.05) is 0 Å². The van der Waals surface area contributed by atoms with E-state index in [4.69, 9.17) is 4.74 Å². The van der Waals surface area contributed by atoms with Crippen molar-refractivity contribution in [2.24, 2.45) is 0 Å². The van der Waals surface area contributed by atoms with Crippen molar-refractivity contribution in [3.8, 4) is 0 Å². The maximum atomic E-state index is 12.7. The van der Waals surface area contributed by atoms with Crippen LogP contribution < -0.4 is 10.2 Å². The van der Waals surface area contributed by atoms with Crippen molar-refractivity contribution >= 4 is 28.9 Å². The number of non-ortho nitro benzene ring substituents is 1. The highest BCUT2D eigenvalue weighted by molar-refractivity contribution is 5.94. The third kappa shape index (κ3) is 5.18. The van der Waals surface area contributed by atoms with E-state index < -0.39 is 4.92 Å². The molecule has 0 aliphatic carbocycles. The number of methoxy groups -OCH3 is 1. The van der Waals surface area contributed by atoms with Crippen molar-refractivity contribution in [1.82, 2.24) is 4.90 Å². The lowest BCUT2D eigenvalue weighted by atomic mass is 10.1. The number of nitro benzene ring substituents is 1. The number of esters is 1. The molecule has 0 bridgehead atoms. The molecule has 1 heterocycles. The molecule has 2 atom stereocenters. The molecule has 3 rings (SSSR count). The first kappa shape index (κ1) is 22.2. The Morgan fingerprint density at radius 2 is 1.77 bits per heavy atom. The zero-order valence-corrected chi connectivity index (χ0v) is 17.8. The van der Waals surface area contributed by atoms with E-state index >= 15 is 0 Å². The molecule has 1 aliphatic rings. The molecule has 0 aromatic heterocycles. The van der Waals surface area contributed by atoms with Crippen molar-refractivity contribution in [2.45, 2.75) is 25.9 Å². The predicted octanol–water partition coefficient (Wildman–Crippen LogP) is 2.92. The van der Waals surface area contributed by atoms with Gasteiger partial charge in [0.1, 0.15) is 0 Å². The summed E-state index contributed by atoms with van der Waals surface area (Å²) in [6.45, 7) is 6.13. The molecular formula is C22H26N4O5. The largest absolute Gasteiger partial charge is 0.465 e. The minimum atomic E-state index is -0.474. The molecule has 1 aliphatic heterocycles. The van der Waals surface area contributed by atoms with Gasteiger partial charge >= 0.3 is 5.97 Å². The van der Waals surface area contributed by atoms with E-state index in [-0.39, 0.29) is 29.6 Å². The number of nitro groups is 1. The van der Waals surface area contributed by atoms with Gasteiger partial charge in [0.15, 0.2) is 0 Å². The van der Waals surface area contributed by atoms with Crippen LogP contribution in [0.3, 0.4) is 0 Å². The van der Waals surface area contributed by atoms with Crippen molar-refractivity contribution < 1.29 is 19.2 Å². The lowest BCUT2D eigenvalue weighted by molar-refractivity contribution is -0.384. The quantitative estimate of drug-likeness (QED) is 0.430. The lowest BCUT2D eigenvalue weighted by Gasteiger charge is -2.43. The Labute approximate surface area is 180 Å². The summed E-state index contributed by atoms with van der Waals surface area (Å²) in [4.78, 5) is 39.0. The van der Waals surface area contributed by atoms with Gasteiger partial charge in [-0.05, 0) is 50.2 Å². The Balaban J connectivity index is 1.58. The van der Waals surface area contributed by atoms with E-state index in [9.17, 15) is 19.7 Å². The number of rotatable bonds is 6. The summed E-state index contributed by atoms with van der Waals surface area (Å²) in [5.74, 6) is -0.519. The first-order chi connectivity index (χ1) is 14.8. The zero-order valence-electron chi connectivity index (χ0n) is 17.8. The SMILES string of the molecule is COC(=O)c1ccc(N2CCN(C(C)C(=O)Nc3ccc([N+](=O)[O-])cc3)C(C)C2)cc1. The van der Waals surface area contributed by atoms with Gasteiger partial charge in [0.05, 0.1) is 23.6 Å². The molecule has 31 heavy (non-hydrogen) atoms. The van der Waals surface area contributed by atoms with Gasteiger partial charge in [-0.3, -0.25) is 19.8 Å². The van der Waals surface area contributed by atoms with Gasteiger partial charge in [-0.15, -0.1) is 0 Å². The van der Waals surface area contributed by atoms with Crippen LogP contribution in [-0.4, -0.2) is 60.5 Å². The first-order valence-corrected chi connectivity index (χ1v) is 10.0. The van der Waals surface area contributed by atoms with E-state index in [2.05, 4.69) is 22.0 Å². The molecule has 2 aromatic rings. The van der Waals surface area contributed by atoms with Crippen LogP contribution in [0, 0.1) is 10.1 Å². The summed E-state index contributed by atoms with van der Waals surface area (Å²) >= 11 is 0. The van der Waals surface area contributed by atoms with Gasteiger partial charge < -0.3 is 15.0 Å². The third-order valence-corrected chi connectivity index (χ3v) is 5.56. The number of carbonyl (C=O) groups is 2. The Hall–Kier alpha value is -3.46. The van der Waals surface area contributed by atoms with Crippen LogP contribution in [0.15, 0.2) is 48.5 Å². The van der Waals surface area contributed by atoms with E-state index in [1.54, 1.807) is 12.1 Å². The summed E-state index contributed by atoms with van der Waals surface area (Å²) in [7, 11) is 1.36. The van der Waals surface area contributed by atoms with Crippen molar-refractivity contribution in [3.05, 3.63) is 64.2 Å². The highest BCUT2D eigenvalue weighted by Gasteiger charge is 2.31. The first-order valence-electron chi connectivity index (χ1n) is 10.0. The summed E-state index contributed by atoms with van der Waals surface area (Å²) in [6, 6.07) is 12.9. The minimum Gasteiger partial charge on any atom is -0.465 e. The number of amides is 1. The Morgan fingerprint density at radius 3 is 2.32 bits per heavy atom. The molecular weight excluding hydrogens is 400 g/mol. The molecule has 0 radical (unpaired) electrons. The standard InChI is InChI=1S/C22H26N4O5/c1-15-14-24(19-8-4-17(5-9-19)22(28)31-3)12-13-25(15)16(2)21(27)23-18-6-10-20(11-7-18)26(29)30/h4-11,15-16H,12-14H2,1-3H3,(H,23,27). The van der Waals surface area contributed by atoms with E-state index in [1.165, 1.54) is 31.4 Å². The highest BCUT2D eigenvalue weighted by atomic mass is 16.6. The second kappa shape index (κ2) is 9.57. The molecule has 0 spiro atoms. The van der Waals surface area contributed by atoms with Crippen LogP contribution >= 0.6 is 0 Å². The van der Waals surface area contributed by atoms with Crippen LogP contribution in [-0.2, 0) is 9.53 Å². The number of carbonyl (C=O) groups excluding carboxylic acids is 2. The van der Waals surface area contributed by atoms with Crippen molar-refractivity contribution in [3.63, 3.8) is 0 Å². The molecule has 2 unspecified atom stereocenters. The molecule has 0 saturated carbocycles. The van der Waals surface area contributed by atoms with Gasteiger partial charge in [0.25, 0.3) is 5.69 Å². The molecule has 9 heteroatoms.